The number of carbonyl (C=O) groups is 4. The first-order chi connectivity index (χ1) is 20.9. The summed E-state index contributed by atoms with van der Waals surface area (Å²) in [7, 11) is 0. The van der Waals surface area contributed by atoms with Crippen molar-refractivity contribution >= 4 is 34.6 Å². The van der Waals surface area contributed by atoms with Gasteiger partial charge in [0.05, 0.1) is 24.1 Å². The molecular formula is C33H41N5O6. The maximum Gasteiger partial charge on any atom is 0.323 e. The maximum atomic E-state index is 13.6. The lowest BCUT2D eigenvalue weighted by atomic mass is 9.99. The van der Waals surface area contributed by atoms with Crippen molar-refractivity contribution in [3.63, 3.8) is 0 Å². The number of para-hydroxylation sites is 1. The van der Waals surface area contributed by atoms with Gasteiger partial charge in [0.25, 0.3) is 5.91 Å². The number of aliphatic hydroxyl groups excluding tert-OH is 1. The first-order valence-electron chi connectivity index (χ1n) is 14.8. The molecule has 2 heterocycles. The third-order valence-electron chi connectivity index (χ3n) is 7.41. The van der Waals surface area contributed by atoms with Crippen LogP contribution in [0.1, 0.15) is 56.1 Å². The van der Waals surface area contributed by atoms with Gasteiger partial charge in [-0.15, -0.1) is 0 Å². The first-order valence-corrected chi connectivity index (χ1v) is 14.8. The molecule has 2 aromatic carbocycles. The molecule has 0 bridgehead atoms. The fourth-order valence-electron chi connectivity index (χ4n) is 5.32. The lowest BCUT2D eigenvalue weighted by Crippen LogP contribution is -2.56. The molecule has 234 valence electrons. The molecule has 3 amide bonds. The molecule has 3 aromatic rings. The van der Waals surface area contributed by atoms with Crippen molar-refractivity contribution in [2.45, 2.75) is 76.3 Å². The number of nitrogens with one attached hydrogen (secondary N) is 2. The number of hydrogen-bond acceptors (Lipinski definition) is 8. The standard InChI is InChI=1S/C33H41N5O6/c1-33(2,3)44-32(43)27-14-9-17-38(27)20-28(39)25(18-21-10-5-4-6-11-21)36-31(42)26(19-29(34)40)37-30(41)24-16-15-22-12-7-8-13-23(22)35-24/h4-8,10-13,15-16,25-28,39H,9,14,17-20H2,1-3H3,(H2,34,40)(H,36,42)(H,37,41)/t25-,26-,27-,28-/m0/s1. The van der Waals surface area contributed by atoms with Crippen LogP contribution in [0, 0.1) is 0 Å². The van der Waals surface area contributed by atoms with Gasteiger partial charge < -0.3 is 26.2 Å². The van der Waals surface area contributed by atoms with E-state index in [1.54, 1.807) is 18.2 Å². The van der Waals surface area contributed by atoms with E-state index >= 15 is 0 Å². The molecule has 1 aliphatic rings. The number of benzene rings is 2. The number of ether oxygens (including phenoxy) is 1. The highest BCUT2D eigenvalue weighted by Crippen LogP contribution is 2.22. The average Bonchev–Trinajstić information content (AvgIpc) is 3.44. The Labute approximate surface area is 257 Å². The summed E-state index contributed by atoms with van der Waals surface area (Å²) in [6.07, 6.45) is 0.0949. The van der Waals surface area contributed by atoms with E-state index < -0.39 is 54.0 Å². The minimum Gasteiger partial charge on any atom is -0.459 e. The lowest BCUT2D eigenvalue weighted by Gasteiger charge is -2.32. The zero-order valence-corrected chi connectivity index (χ0v) is 25.4. The Morgan fingerprint density at radius 3 is 2.43 bits per heavy atom. The lowest BCUT2D eigenvalue weighted by molar-refractivity contribution is -0.160. The summed E-state index contributed by atoms with van der Waals surface area (Å²) in [4.78, 5) is 57.7. The van der Waals surface area contributed by atoms with Gasteiger partial charge in [-0.05, 0) is 64.3 Å². The molecule has 1 fully saturated rings. The van der Waals surface area contributed by atoms with Crippen LogP contribution in [-0.2, 0) is 25.5 Å². The van der Waals surface area contributed by atoms with Crippen LogP contribution >= 0.6 is 0 Å². The number of hydrogen-bond donors (Lipinski definition) is 4. The molecule has 0 aliphatic carbocycles. The molecule has 0 unspecified atom stereocenters. The predicted molar refractivity (Wildman–Crippen MR) is 165 cm³/mol. The van der Waals surface area contributed by atoms with Crippen LogP contribution in [0.4, 0.5) is 0 Å². The molecule has 5 N–H and O–H groups in total. The Hall–Kier alpha value is -4.35. The highest BCUT2D eigenvalue weighted by Gasteiger charge is 2.37. The Kier molecular flexibility index (Phi) is 10.7. The van der Waals surface area contributed by atoms with Gasteiger partial charge in [-0.25, -0.2) is 4.98 Å². The predicted octanol–water partition coefficient (Wildman–Crippen LogP) is 2.10. The van der Waals surface area contributed by atoms with E-state index in [2.05, 4.69) is 15.6 Å². The summed E-state index contributed by atoms with van der Waals surface area (Å²) in [6.45, 7) is 6.12. The van der Waals surface area contributed by atoms with E-state index in [9.17, 15) is 24.3 Å². The number of amides is 3. The minimum atomic E-state index is -1.31. The van der Waals surface area contributed by atoms with E-state index in [0.29, 0.717) is 18.5 Å². The summed E-state index contributed by atoms with van der Waals surface area (Å²) >= 11 is 0. The maximum absolute atomic E-state index is 13.6. The number of nitrogens with two attached hydrogens (primary N) is 1. The fourth-order valence-corrected chi connectivity index (χ4v) is 5.32. The van der Waals surface area contributed by atoms with Crippen molar-refractivity contribution in [1.29, 1.82) is 0 Å². The van der Waals surface area contributed by atoms with Gasteiger partial charge in [0.1, 0.15) is 23.4 Å². The SMILES string of the molecule is CC(C)(C)OC(=O)[C@@H]1CCCN1C[C@H](O)[C@H](Cc1ccccc1)NC(=O)[C@H](CC(N)=O)NC(=O)c1ccc2ccccc2n1. The van der Waals surface area contributed by atoms with Gasteiger partial charge >= 0.3 is 5.97 Å². The number of β-amino-alcohol motifs (C(OH)–C–C–N with tert-alkyl or cyclic N) is 1. The monoisotopic (exact) mass is 603 g/mol. The number of carbonyl (C=O) groups excluding carboxylic acids is 4. The van der Waals surface area contributed by atoms with Crippen molar-refractivity contribution < 1.29 is 29.0 Å². The van der Waals surface area contributed by atoms with E-state index in [0.717, 1.165) is 17.4 Å². The Morgan fingerprint density at radius 1 is 1.02 bits per heavy atom. The average molecular weight is 604 g/mol. The Morgan fingerprint density at radius 2 is 1.73 bits per heavy atom. The molecule has 1 aromatic heterocycles. The number of aliphatic hydroxyl groups is 1. The van der Waals surface area contributed by atoms with E-state index in [-0.39, 0.29) is 24.6 Å². The molecule has 0 saturated carbocycles. The zero-order chi connectivity index (χ0) is 31.9. The minimum absolute atomic E-state index is 0.0778. The second-order valence-electron chi connectivity index (χ2n) is 12.1. The van der Waals surface area contributed by atoms with Crippen LogP contribution in [0.5, 0.6) is 0 Å². The summed E-state index contributed by atoms with van der Waals surface area (Å²) in [5, 5.41) is 17.7. The van der Waals surface area contributed by atoms with Gasteiger partial charge in [-0.1, -0.05) is 54.6 Å². The topological polar surface area (TPSA) is 164 Å². The number of esters is 1. The number of likely N-dealkylation sites (tertiary alicyclic amines) is 1. The summed E-state index contributed by atoms with van der Waals surface area (Å²) in [6, 6.07) is 17.3. The van der Waals surface area contributed by atoms with Crippen molar-refractivity contribution in [3.8, 4) is 0 Å². The van der Waals surface area contributed by atoms with Crippen LogP contribution in [-0.4, -0.2) is 81.6 Å². The van der Waals surface area contributed by atoms with E-state index in [1.165, 1.54) is 6.07 Å². The number of pyridine rings is 1. The molecule has 11 heteroatoms. The molecular weight excluding hydrogens is 562 g/mol. The van der Waals surface area contributed by atoms with Crippen LogP contribution in [0.3, 0.4) is 0 Å². The number of aromatic nitrogens is 1. The molecule has 4 rings (SSSR count). The molecule has 0 radical (unpaired) electrons. The molecule has 11 nitrogen and oxygen atoms in total. The number of nitrogens with zero attached hydrogens (tertiary/aromatic N) is 2. The number of fused-ring (bicyclic) bond motifs is 1. The Bertz CT molecular complexity index is 1470. The van der Waals surface area contributed by atoms with Gasteiger partial charge in [0.2, 0.25) is 11.8 Å². The van der Waals surface area contributed by atoms with Gasteiger partial charge in [0.15, 0.2) is 0 Å². The van der Waals surface area contributed by atoms with Crippen molar-refractivity contribution in [1.82, 2.24) is 20.5 Å². The summed E-state index contributed by atoms with van der Waals surface area (Å²) in [5.74, 6) is -2.45. The molecule has 44 heavy (non-hydrogen) atoms. The van der Waals surface area contributed by atoms with Gasteiger partial charge in [0, 0.05) is 11.9 Å². The van der Waals surface area contributed by atoms with Crippen LogP contribution in [0.15, 0.2) is 66.7 Å². The number of rotatable bonds is 12. The van der Waals surface area contributed by atoms with Crippen LogP contribution in [0.2, 0.25) is 0 Å². The molecule has 1 aliphatic heterocycles. The highest BCUT2D eigenvalue weighted by atomic mass is 16.6. The molecule has 4 atom stereocenters. The van der Waals surface area contributed by atoms with Crippen molar-refractivity contribution in [2.75, 3.05) is 13.1 Å². The van der Waals surface area contributed by atoms with Gasteiger partial charge in [-0.3, -0.25) is 24.1 Å². The third-order valence-corrected chi connectivity index (χ3v) is 7.41. The smallest absolute Gasteiger partial charge is 0.323 e. The van der Waals surface area contributed by atoms with Crippen molar-refractivity contribution in [2.24, 2.45) is 5.73 Å². The van der Waals surface area contributed by atoms with E-state index in [1.807, 2.05) is 68.1 Å². The second kappa shape index (κ2) is 14.4. The van der Waals surface area contributed by atoms with E-state index in [4.69, 9.17) is 10.5 Å². The number of primary amides is 1. The molecule has 0 spiro atoms. The molecule has 1 saturated heterocycles. The van der Waals surface area contributed by atoms with Crippen LogP contribution < -0.4 is 16.4 Å². The summed E-state index contributed by atoms with van der Waals surface area (Å²) in [5.41, 5.74) is 6.34. The largest absolute Gasteiger partial charge is 0.459 e. The highest BCUT2D eigenvalue weighted by molar-refractivity contribution is 5.99. The quantitative estimate of drug-likeness (QED) is 0.229. The fraction of sp³-hybridized carbons (Fsp3) is 0.424. The second-order valence-corrected chi connectivity index (χ2v) is 12.1. The van der Waals surface area contributed by atoms with Crippen molar-refractivity contribution in [3.05, 3.63) is 78.0 Å². The van der Waals surface area contributed by atoms with Gasteiger partial charge in [-0.2, -0.15) is 0 Å². The first kappa shape index (κ1) is 32.6. The Balaban J connectivity index is 1.50. The zero-order valence-electron chi connectivity index (χ0n) is 25.4. The normalized spacial score (nSPS) is 17.4. The summed E-state index contributed by atoms with van der Waals surface area (Å²) < 4.78 is 5.60. The third kappa shape index (κ3) is 9.08. The van der Waals surface area contributed by atoms with Crippen LogP contribution in [0.25, 0.3) is 10.9 Å².